The number of anilines is 2. The quantitative estimate of drug-likeness (QED) is 0.360. The molecule has 12 heteroatoms. The molecule has 1 atom stereocenters. The minimum Gasteiger partial charge on any atom is -0.341 e. The topological polar surface area (TPSA) is 145 Å². The van der Waals surface area contributed by atoms with E-state index in [-0.39, 0.29) is 30.4 Å². The van der Waals surface area contributed by atoms with Gasteiger partial charge in [0.25, 0.3) is 5.56 Å². The lowest BCUT2D eigenvalue weighted by Gasteiger charge is -2.31. The number of nitrogens with two attached hydrogens (primary N) is 1. The minimum atomic E-state index is -3.59. The number of fused-ring (bicyclic) bond motifs is 1. The van der Waals surface area contributed by atoms with Crippen molar-refractivity contribution in [2.75, 3.05) is 29.0 Å². The number of ketones is 1. The Balaban J connectivity index is 1.74. The van der Waals surface area contributed by atoms with Gasteiger partial charge in [0.05, 0.1) is 24.7 Å². The average molecular weight is 498 g/mol. The summed E-state index contributed by atoms with van der Waals surface area (Å²) in [5, 5.41) is 4.16. The van der Waals surface area contributed by atoms with E-state index in [4.69, 9.17) is 5.73 Å². The number of carbonyl (C=O) groups excluding carboxylic acids is 1. The number of nitrogens with one attached hydrogen (secondary N) is 1. The number of imidazole rings is 1. The van der Waals surface area contributed by atoms with Crippen molar-refractivity contribution in [2.24, 2.45) is 5.73 Å². The first-order chi connectivity index (χ1) is 16.7. The van der Waals surface area contributed by atoms with Gasteiger partial charge in [0, 0.05) is 24.7 Å². The van der Waals surface area contributed by atoms with Crippen molar-refractivity contribution in [3.63, 3.8) is 0 Å². The second kappa shape index (κ2) is 9.89. The molecule has 2 aromatic heterocycles. The lowest BCUT2D eigenvalue weighted by atomic mass is 10.1. The maximum Gasteiger partial charge on any atom is 0.293 e. The number of rotatable bonds is 7. The Morgan fingerprint density at radius 2 is 2.09 bits per heavy atom. The number of Topliss-reactive ketones (excluding diaryl/α,β-unsaturated/α-hetero) is 1. The van der Waals surface area contributed by atoms with Gasteiger partial charge in [0.2, 0.25) is 16.0 Å². The predicted octanol–water partition coefficient (Wildman–Crippen LogP) is 0.798. The third-order valence-corrected chi connectivity index (χ3v) is 6.29. The molecule has 1 fully saturated rings. The van der Waals surface area contributed by atoms with Crippen LogP contribution in [-0.4, -0.2) is 58.9 Å². The molecule has 0 radical (unpaired) electrons. The fraction of sp³-hybridized carbons (Fsp3) is 0.391. The van der Waals surface area contributed by atoms with Crippen LogP contribution in [0.15, 0.2) is 35.3 Å². The Morgan fingerprint density at radius 1 is 1.31 bits per heavy atom. The standard InChI is InChI=1S/C23H27N7O4S/c1-3-4-12-29-21-19(26-23(29)28-11-7-8-16(24)14-28)13-25-30(22(21)32)15-20(31)17-9-5-6-10-18(17)27-35(2,33)34/h5-6,9-10,13,16,27H,7-8,11-12,14-15,24H2,1-2H3. The average Bonchev–Trinajstić information content (AvgIpc) is 3.18. The van der Waals surface area contributed by atoms with Crippen molar-refractivity contribution in [1.29, 1.82) is 0 Å². The van der Waals surface area contributed by atoms with Crippen molar-refractivity contribution in [2.45, 2.75) is 38.9 Å². The highest BCUT2D eigenvalue weighted by atomic mass is 32.2. The van der Waals surface area contributed by atoms with Crippen LogP contribution in [0.25, 0.3) is 11.0 Å². The van der Waals surface area contributed by atoms with Gasteiger partial charge in [-0.15, -0.1) is 5.92 Å². The molecular formula is C23H27N7O4S. The molecule has 1 aliphatic heterocycles. The van der Waals surface area contributed by atoms with E-state index in [2.05, 4.69) is 26.6 Å². The molecule has 1 aromatic carbocycles. The minimum absolute atomic E-state index is 0.0160. The molecule has 3 heterocycles. The van der Waals surface area contributed by atoms with Gasteiger partial charge in [-0.1, -0.05) is 18.1 Å². The summed E-state index contributed by atoms with van der Waals surface area (Å²) in [6.45, 7) is 2.98. The molecule has 11 nitrogen and oxygen atoms in total. The van der Waals surface area contributed by atoms with Crippen LogP contribution in [0.4, 0.5) is 11.6 Å². The van der Waals surface area contributed by atoms with E-state index >= 15 is 0 Å². The van der Waals surface area contributed by atoms with Crippen molar-refractivity contribution in [3.8, 4) is 11.8 Å². The number of aromatic nitrogens is 4. The van der Waals surface area contributed by atoms with Gasteiger partial charge in [-0.25, -0.2) is 18.1 Å². The molecular weight excluding hydrogens is 470 g/mol. The molecule has 0 saturated carbocycles. The number of piperidine rings is 1. The molecule has 3 aromatic rings. The van der Waals surface area contributed by atoms with E-state index in [9.17, 15) is 18.0 Å². The number of sulfonamides is 1. The molecule has 0 amide bonds. The summed E-state index contributed by atoms with van der Waals surface area (Å²) < 4.78 is 28.5. The van der Waals surface area contributed by atoms with Gasteiger partial charge in [-0.3, -0.25) is 18.9 Å². The summed E-state index contributed by atoms with van der Waals surface area (Å²) >= 11 is 0. The van der Waals surface area contributed by atoms with Crippen LogP contribution in [0, 0.1) is 11.8 Å². The second-order valence-electron chi connectivity index (χ2n) is 8.46. The summed E-state index contributed by atoms with van der Waals surface area (Å²) in [6.07, 6.45) is 4.30. The second-order valence-corrected chi connectivity index (χ2v) is 10.2. The van der Waals surface area contributed by atoms with Gasteiger partial charge in [-0.2, -0.15) is 5.10 Å². The van der Waals surface area contributed by atoms with Crippen molar-refractivity contribution in [1.82, 2.24) is 19.3 Å². The number of benzene rings is 1. The van der Waals surface area contributed by atoms with Crippen LogP contribution in [0.3, 0.4) is 0 Å². The number of hydrogen-bond acceptors (Lipinski definition) is 8. The first-order valence-electron chi connectivity index (χ1n) is 11.1. The molecule has 4 rings (SSSR count). The zero-order valence-electron chi connectivity index (χ0n) is 19.6. The predicted molar refractivity (Wildman–Crippen MR) is 134 cm³/mol. The van der Waals surface area contributed by atoms with E-state index in [1.807, 2.05) is 4.90 Å². The first-order valence-corrected chi connectivity index (χ1v) is 13.0. The molecule has 1 unspecified atom stereocenters. The zero-order valence-corrected chi connectivity index (χ0v) is 20.4. The maximum atomic E-state index is 13.4. The Morgan fingerprint density at radius 3 is 2.80 bits per heavy atom. The molecule has 35 heavy (non-hydrogen) atoms. The molecule has 0 spiro atoms. The summed E-state index contributed by atoms with van der Waals surface area (Å²) in [5.74, 6) is 5.97. The van der Waals surface area contributed by atoms with Crippen LogP contribution in [0.2, 0.25) is 0 Å². The smallest absolute Gasteiger partial charge is 0.293 e. The molecule has 3 N–H and O–H groups in total. The molecule has 184 valence electrons. The summed E-state index contributed by atoms with van der Waals surface area (Å²) in [4.78, 5) is 33.2. The first kappa shape index (κ1) is 24.4. The fourth-order valence-corrected chi connectivity index (χ4v) is 4.74. The molecule has 0 bridgehead atoms. The van der Waals surface area contributed by atoms with E-state index in [0.29, 0.717) is 23.5 Å². The van der Waals surface area contributed by atoms with Crippen LogP contribution in [-0.2, 0) is 23.1 Å². The number of nitrogens with zero attached hydrogens (tertiary/aromatic N) is 5. The Kier molecular flexibility index (Phi) is 6.90. The highest BCUT2D eigenvalue weighted by Gasteiger charge is 2.25. The monoisotopic (exact) mass is 497 g/mol. The van der Waals surface area contributed by atoms with Gasteiger partial charge >= 0.3 is 0 Å². The van der Waals surface area contributed by atoms with E-state index < -0.39 is 21.4 Å². The Labute approximate surface area is 203 Å². The maximum absolute atomic E-state index is 13.4. The van der Waals surface area contributed by atoms with Crippen molar-refractivity contribution < 1.29 is 13.2 Å². The normalized spacial score (nSPS) is 16.1. The van der Waals surface area contributed by atoms with E-state index in [0.717, 1.165) is 30.3 Å². The Bertz CT molecular complexity index is 1500. The van der Waals surface area contributed by atoms with Crippen LogP contribution < -0.4 is 20.9 Å². The molecule has 1 saturated heterocycles. The summed E-state index contributed by atoms with van der Waals surface area (Å²) in [6, 6.07) is 6.23. The Hall–Kier alpha value is -3.69. The highest BCUT2D eigenvalue weighted by molar-refractivity contribution is 7.92. The number of carbonyl (C=O) groups is 1. The number of para-hydroxylation sites is 1. The van der Waals surface area contributed by atoms with Gasteiger partial charge in [0.15, 0.2) is 5.78 Å². The van der Waals surface area contributed by atoms with Crippen LogP contribution >= 0.6 is 0 Å². The van der Waals surface area contributed by atoms with Gasteiger partial charge in [-0.05, 0) is 31.9 Å². The SMILES string of the molecule is CC#CCn1c(N2CCCC(N)C2)nc2cnn(CC(=O)c3ccccc3NS(C)(=O)=O)c(=O)c21. The van der Waals surface area contributed by atoms with E-state index in [1.54, 1.807) is 23.6 Å². The van der Waals surface area contributed by atoms with Crippen molar-refractivity contribution in [3.05, 3.63) is 46.4 Å². The molecule has 0 aliphatic carbocycles. The van der Waals surface area contributed by atoms with Crippen LogP contribution in [0.1, 0.15) is 30.1 Å². The fourth-order valence-electron chi connectivity index (χ4n) is 4.16. The van der Waals surface area contributed by atoms with Crippen molar-refractivity contribution >= 4 is 38.5 Å². The van der Waals surface area contributed by atoms with E-state index in [1.165, 1.54) is 18.3 Å². The number of hydrogen-bond donors (Lipinski definition) is 2. The van der Waals surface area contributed by atoms with Gasteiger partial charge in [0.1, 0.15) is 17.6 Å². The molecule has 1 aliphatic rings. The summed E-state index contributed by atoms with van der Waals surface area (Å²) in [5.41, 5.74) is 6.66. The lowest BCUT2D eigenvalue weighted by Crippen LogP contribution is -2.44. The lowest BCUT2D eigenvalue weighted by molar-refractivity contribution is 0.0966. The third kappa shape index (κ3) is 5.36. The largest absolute Gasteiger partial charge is 0.341 e. The van der Waals surface area contributed by atoms with Crippen LogP contribution in [0.5, 0.6) is 0 Å². The zero-order chi connectivity index (χ0) is 25.2. The highest BCUT2D eigenvalue weighted by Crippen LogP contribution is 2.23. The summed E-state index contributed by atoms with van der Waals surface area (Å²) in [7, 11) is -3.59. The van der Waals surface area contributed by atoms with Gasteiger partial charge < -0.3 is 10.6 Å². The third-order valence-electron chi connectivity index (χ3n) is 5.70.